The second-order valence-corrected chi connectivity index (χ2v) is 12.1. The molecule has 0 amide bonds. The molecular formula is C25H30F2N2O6S. The summed E-state index contributed by atoms with van der Waals surface area (Å²) in [5, 5.41) is 12.7. The summed E-state index contributed by atoms with van der Waals surface area (Å²) in [6, 6.07) is 10.0. The van der Waals surface area contributed by atoms with Gasteiger partial charge in [0.05, 0.1) is 29.3 Å². The molecule has 1 saturated heterocycles. The fourth-order valence-electron chi connectivity index (χ4n) is 4.78. The highest BCUT2D eigenvalue weighted by atomic mass is 32.2. The van der Waals surface area contributed by atoms with E-state index < -0.39 is 27.5 Å². The Kier molecular flexibility index (Phi) is 6.80. The molecular weight excluding hydrogens is 494 g/mol. The molecule has 0 radical (unpaired) electrons. The van der Waals surface area contributed by atoms with Crippen molar-refractivity contribution in [1.82, 2.24) is 0 Å². The molecule has 1 fully saturated rings. The third-order valence-electron chi connectivity index (χ3n) is 6.67. The van der Waals surface area contributed by atoms with Gasteiger partial charge in [-0.3, -0.25) is 4.79 Å². The van der Waals surface area contributed by atoms with Crippen molar-refractivity contribution in [2.24, 2.45) is 0 Å². The molecule has 8 nitrogen and oxygen atoms in total. The van der Waals surface area contributed by atoms with Gasteiger partial charge in [-0.25, -0.2) is 8.42 Å². The first-order valence-electron chi connectivity index (χ1n) is 11.8. The number of hydrogen-bond acceptors (Lipinski definition) is 7. The summed E-state index contributed by atoms with van der Waals surface area (Å²) in [4.78, 5) is 13.6. The third kappa shape index (κ3) is 5.66. The smallest absolute Gasteiger partial charge is 0.481 e. The van der Waals surface area contributed by atoms with E-state index in [1.165, 1.54) is 12.1 Å². The van der Waals surface area contributed by atoms with Crippen LogP contribution >= 0.6 is 0 Å². The van der Waals surface area contributed by atoms with Gasteiger partial charge in [0.25, 0.3) is 0 Å². The molecule has 11 heteroatoms. The summed E-state index contributed by atoms with van der Waals surface area (Å²) in [6.45, 7) is 6.28. The van der Waals surface area contributed by atoms with Crippen molar-refractivity contribution in [3.05, 3.63) is 42.0 Å². The van der Waals surface area contributed by atoms with Crippen LogP contribution in [0.15, 0.2) is 36.4 Å². The Morgan fingerprint density at radius 1 is 1.14 bits per heavy atom. The van der Waals surface area contributed by atoms with E-state index in [2.05, 4.69) is 19.7 Å². The minimum absolute atomic E-state index is 0.00685. The highest BCUT2D eigenvalue weighted by Gasteiger charge is 2.43. The van der Waals surface area contributed by atoms with Gasteiger partial charge in [-0.05, 0) is 49.6 Å². The molecule has 0 spiro atoms. The molecule has 0 aromatic heterocycles. The number of benzene rings is 2. The number of anilines is 3. The summed E-state index contributed by atoms with van der Waals surface area (Å²) in [5.41, 5.74) is 2.04. The number of rotatable bonds is 8. The predicted molar refractivity (Wildman–Crippen MR) is 132 cm³/mol. The molecule has 2 heterocycles. The lowest BCUT2D eigenvalue weighted by Gasteiger charge is -2.37. The topological polar surface area (TPSA) is 105 Å². The van der Waals surface area contributed by atoms with E-state index in [1.807, 2.05) is 39.0 Å². The van der Waals surface area contributed by atoms with Gasteiger partial charge in [-0.2, -0.15) is 0 Å². The maximum absolute atomic E-state index is 13.5. The van der Waals surface area contributed by atoms with Gasteiger partial charge in [0.2, 0.25) is 0 Å². The number of halogens is 2. The van der Waals surface area contributed by atoms with Crippen LogP contribution in [0.3, 0.4) is 0 Å². The highest BCUT2D eigenvalue weighted by molar-refractivity contribution is 7.91. The molecule has 4 rings (SSSR count). The second kappa shape index (κ2) is 9.42. The Bertz CT molecular complexity index is 1250. The van der Waals surface area contributed by atoms with Gasteiger partial charge in [-0.1, -0.05) is 19.9 Å². The van der Waals surface area contributed by atoms with Crippen molar-refractivity contribution < 1.29 is 36.6 Å². The number of ether oxygens (including phenoxy) is 2. The van der Waals surface area contributed by atoms with Crippen LogP contribution in [0.4, 0.5) is 25.8 Å². The first-order valence-corrected chi connectivity index (χ1v) is 13.6. The standard InChI is InChI=1S/C25H30F2N2O6S/c1-4-29(18-9-11-36(32,33)12-10-18)20-7-5-16(24(2,3)15-23(30)31)13-19(20)28-17-6-8-21-22(14-17)35-25(26,27)34-21/h5-8,13-14,18,28H,4,9-12,15H2,1-3H3,(H,30,31). The van der Waals surface area contributed by atoms with Gasteiger partial charge in [-0.15, -0.1) is 8.78 Å². The number of fused-ring (bicyclic) bond motifs is 1. The molecule has 2 aliphatic heterocycles. The molecule has 0 aliphatic carbocycles. The van der Waals surface area contributed by atoms with Gasteiger partial charge in [0.15, 0.2) is 11.5 Å². The monoisotopic (exact) mass is 524 g/mol. The summed E-state index contributed by atoms with van der Waals surface area (Å²) >= 11 is 0. The van der Waals surface area contributed by atoms with Crippen molar-refractivity contribution in [3.8, 4) is 11.5 Å². The molecule has 2 aromatic carbocycles. The molecule has 2 aromatic rings. The zero-order valence-electron chi connectivity index (χ0n) is 20.4. The molecule has 196 valence electrons. The van der Waals surface area contributed by atoms with E-state index in [1.54, 1.807) is 6.07 Å². The quantitative estimate of drug-likeness (QED) is 0.502. The number of nitrogens with one attached hydrogen (secondary N) is 1. The van der Waals surface area contributed by atoms with Crippen LogP contribution in [0.2, 0.25) is 0 Å². The van der Waals surface area contributed by atoms with Gasteiger partial charge in [0, 0.05) is 29.8 Å². The minimum atomic E-state index is -3.73. The van der Waals surface area contributed by atoms with Crippen LogP contribution in [-0.2, 0) is 20.0 Å². The molecule has 0 bridgehead atoms. The summed E-state index contributed by atoms with van der Waals surface area (Å²) < 4.78 is 60.0. The Morgan fingerprint density at radius 3 is 2.44 bits per heavy atom. The molecule has 0 saturated carbocycles. The lowest BCUT2D eigenvalue weighted by molar-refractivity contribution is -0.286. The second-order valence-electron chi connectivity index (χ2n) is 9.81. The Hall–Kier alpha value is -3.08. The zero-order chi connectivity index (χ0) is 26.3. The third-order valence-corrected chi connectivity index (χ3v) is 8.38. The lowest BCUT2D eigenvalue weighted by atomic mass is 9.81. The number of alkyl halides is 2. The van der Waals surface area contributed by atoms with Crippen LogP contribution in [-0.4, -0.2) is 49.9 Å². The van der Waals surface area contributed by atoms with Crippen molar-refractivity contribution in [2.75, 3.05) is 28.3 Å². The lowest BCUT2D eigenvalue weighted by Crippen LogP contribution is -2.41. The van der Waals surface area contributed by atoms with E-state index in [0.29, 0.717) is 30.8 Å². The first-order chi connectivity index (χ1) is 16.8. The minimum Gasteiger partial charge on any atom is -0.481 e. The van der Waals surface area contributed by atoms with Gasteiger partial charge >= 0.3 is 12.3 Å². The van der Waals surface area contributed by atoms with Crippen LogP contribution in [0.5, 0.6) is 11.5 Å². The van der Waals surface area contributed by atoms with Crippen molar-refractivity contribution in [1.29, 1.82) is 0 Å². The fourth-order valence-corrected chi connectivity index (χ4v) is 6.25. The number of carboxylic acid groups (broad SMARTS) is 1. The van der Waals surface area contributed by atoms with E-state index in [4.69, 9.17) is 0 Å². The Balaban J connectivity index is 1.71. The van der Waals surface area contributed by atoms with Crippen LogP contribution < -0.4 is 19.7 Å². The number of nitrogens with zero attached hydrogens (tertiary/aromatic N) is 1. The maximum Gasteiger partial charge on any atom is 0.586 e. The fraction of sp³-hybridized carbons (Fsp3) is 0.480. The van der Waals surface area contributed by atoms with E-state index in [9.17, 15) is 27.1 Å². The molecule has 0 atom stereocenters. The largest absolute Gasteiger partial charge is 0.586 e. The Labute approximate surface area is 209 Å². The zero-order valence-corrected chi connectivity index (χ0v) is 21.2. The number of sulfone groups is 1. The predicted octanol–water partition coefficient (Wildman–Crippen LogP) is 4.91. The van der Waals surface area contributed by atoms with Crippen LogP contribution in [0, 0.1) is 0 Å². The number of carbonyl (C=O) groups is 1. The molecule has 36 heavy (non-hydrogen) atoms. The molecule has 2 aliphatic rings. The number of hydrogen-bond donors (Lipinski definition) is 2. The summed E-state index contributed by atoms with van der Waals surface area (Å²) in [5.74, 6) is -0.845. The average molecular weight is 525 g/mol. The van der Waals surface area contributed by atoms with E-state index >= 15 is 0 Å². The van der Waals surface area contributed by atoms with Gasteiger partial charge in [0.1, 0.15) is 9.84 Å². The highest BCUT2D eigenvalue weighted by Crippen LogP contribution is 2.44. The van der Waals surface area contributed by atoms with Crippen molar-refractivity contribution >= 4 is 32.9 Å². The number of carboxylic acids is 1. The molecule has 2 N–H and O–H groups in total. The average Bonchev–Trinajstić information content (AvgIpc) is 3.08. The van der Waals surface area contributed by atoms with Crippen molar-refractivity contribution in [3.63, 3.8) is 0 Å². The van der Waals surface area contributed by atoms with Crippen molar-refractivity contribution in [2.45, 2.75) is 57.8 Å². The van der Waals surface area contributed by atoms with Crippen LogP contribution in [0.1, 0.15) is 45.6 Å². The van der Waals surface area contributed by atoms with Crippen LogP contribution in [0.25, 0.3) is 0 Å². The van der Waals surface area contributed by atoms with E-state index in [0.717, 1.165) is 11.3 Å². The summed E-state index contributed by atoms with van der Waals surface area (Å²) in [6.07, 6.45) is -2.81. The number of aliphatic carboxylic acids is 1. The normalized spacial score (nSPS) is 18.6. The molecule has 0 unspecified atom stereocenters. The summed E-state index contributed by atoms with van der Waals surface area (Å²) in [7, 11) is -3.04. The first kappa shape index (κ1) is 26.0. The SMILES string of the molecule is CCN(c1ccc(C(C)(C)CC(=O)O)cc1Nc1ccc2c(c1)OC(F)(F)O2)C1CCS(=O)(=O)CC1. The van der Waals surface area contributed by atoms with E-state index in [-0.39, 0.29) is 35.5 Å². The van der Waals surface area contributed by atoms with Gasteiger partial charge < -0.3 is 24.8 Å². The maximum atomic E-state index is 13.5. The Morgan fingerprint density at radius 2 is 1.81 bits per heavy atom.